The quantitative estimate of drug-likeness (QED) is 0.714. The van der Waals surface area contributed by atoms with E-state index in [0.717, 1.165) is 25.7 Å². The normalized spacial score (nSPS) is 9.08. The van der Waals surface area contributed by atoms with Crippen LogP contribution in [0.4, 0.5) is 4.79 Å². The van der Waals surface area contributed by atoms with Gasteiger partial charge < -0.3 is 10.0 Å². The van der Waals surface area contributed by atoms with Crippen LogP contribution in [0.1, 0.15) is 39.5 Å². The molecule has 3 nitrogen and oxygen atoms in total. The van der Waals surface area contributed by atoms with Gasteiger partial charge in [0.2, 0.25) is 0 Å². The van der Waals surface area contributed by atoms with Crippen LogP contribution in [-0.2, 0) is 16.5 Å². The maximum absolute atomic E-state index is 10.6. The molecule has 0 aliphatic heterocycles. The predicted molar refractivity (Wildman–Crippen MR) is 49.4 cm³/mol. The van der Waals surface area contributed by atoms with Gasteiger partial charge in [-0.2, -0.15) is 0 Å². The van der Waals surface area contributed by atoms with Gasteiger partial charge >= 0.3 is 6.09 Å². The van der Waals surface area contributed by atoms with Crippen LogP contribution in [0.25, 0.3) is 0 Å². The molecule has 0 aliphatic rings. The van der Waals surface area contributed by atoms with Crippen molar-refractivity contribution in [1.82, 2.24) is 4.90 Å². The number of carboxylic acid groups (broad SMARTS) is 1. The van der Waals surface area contributed by atoms with Gasteiger partial charge in [0.25, 0.3) is 0 Å². The SMILES string of the molecule is CCCCN(CCCC)C(=O)O.[Ni]. The van der Waals surface area contributed by atoms with Crippen LogP contribution in [0.5, 0.6) is 0 Å². The number of carbonyl (C=O) groups is 1. The number of nitrogens with zero attached hydrogens (tertiary/aromatic N) is 1. The van der Waals surface area contributed by atoms with Crippen LogP contribution in [0.3, 0.4) is 0 Å². The van der Waals surface area contributed by atoms with Crippen molar-refractivity contribution in [2.45, 2.75) is 39.5 Å². The predicted octanol–water partition coefficient (Wildman–Crippen LogP) is 2.56. The molecule has 0 aromatic heterocycles. The first-order valence-electron chi connectivity index (χ1n) is 4.70. The second kappa shape index (κ2) is 9.85. The van der Waals surface area contributed by atoms with Gasteiger partial charge in [-0.05, 0) is 12.8 Å². The fourth-order valence-corrected chi connectivity index (χ4v) is 1.00. The molecule has 0 saturated heterocycles. The Labute approximate surface area is 90.4 Å². The summed E-state index contributed by atoms with van der Waals surface area (Å²) in [5, 5.41) is 8.75. The molecule has 0 aromatic carbocycles. The van der Waals surface area contributed by atoms with E-state index in [0.29, 0.717) is 13.1 Å². The van der Waals surface area contributed by atoms with Gasteiger partial charge in [-0.15, -0.1) is 0 Å². The smallest absolute Gasteiger partial charge is 0.407 e. The first-order chi connectivity index (χ1) is 5.72. The molecule has 0 bridgehead atoms. The Morgan fingerprint density at radius 3 is 1.77 bits per heavy atom. The third kappa shape index (κ3) is 8.10. The van der Waals surface area contributed by atoms with Crippen molar-refractivity contribution in [1.29, 1.82) is 0 Å². The average molecular weight is 232 g/mol. The minimum Gasteiger partial charge on any atom is -0.465 e. The Kier molecular flexibility index (Phi) is 11.5. The molecule has 4 heteroatoms. The van der Waals surface area contributed by atoms with Crippen LogP contribution >= 0.6 is 0 Å². The molecule has 1 N–H and O–H groups in total. The number of hydrogen-bond acceptors (Lipinski definition) is 1. The van der Waals surface area contributed by atoms with E-state index in [1.807, 2.05) is 0 Å². The minimum absolute atomic E-state index is 0. The molecule has 0 atom stereocenters. The molecule has 0 unspecified atom stereocenters. The molecule has 0 heterocycles. The van der Waals surface area contributed by atoms with Crippen molar-refractivity contribution in [2.75, 3.05) is 13.1 Å². The van der Waals surface area contributed by atoms with Crippen molar-refractivity contribution in [3.63, 3.8) is 0 Å². The van der Waals surface area contributed by atoms with Crippen molar-refractivity contribution in [3.8, 4) is 0 Å². The summed E-state index contributed by atoms with van der Waals surface area (Å²) in [6.07, 6.45) is 3.26. The number of amides is 1. The van der Waals surface area contributed by atoms with Gasteiger partial charge in [-0.25, -0.2) is 4.79 Å². The van der Waals surface area contributed by atoms with Crippen molar-refractivity contribution < 1.29 is 26.4 Å². The largest absolute Gasteiger partial charge is 0.465 e. The van der Waals surface area contributed by atoms with Crippen LogP contribution < -0.4 is 0 Å². The molecule has 0 spiro atoms. The Balaban J connectivity index is 0. The third-order valence-corrected chi connectivity index (χ3v) is 1.83. The second-order valence-corrected chi connectivity index (χ2v) is 2.98. The summed E-state index contributed by atoms with van der Waals surface area (Å²) in [6.45, 7) is 5.51. The summed E-state index contributed by atoms with van der Waals surface area (Å²) in [5.41, 5.74) is 0. The van der Waals surface area contributed by atoms with Crippen molar-refractivity contribution >= 4 is 6.09 Å². The van der Waals surface area contributed by atoms with Crippen LogP contribution in [0, 0.1) is 0 Å². The first kappa shape index (κ1) is 15.2. The Morgan fingerprint density at radius 1 is 1.15 bits per heavy atom. The Hall–Kier alpha value is -0.236. The Morgan fingerprint density at radius 2 is 1.54 bits per heavy atom. The van der Waals surface area contributed by atoms with Crippen molar-refractivity contribution in [3.05, 3.63) is 0 Å². The van der Waals surface area contributed by atoms with Crippen LogP contribution in [0.2, 0.25) is 0 Å². The monoisotopic (exact) mass is 231 g/mol. The summed E-state index contributed by atoms with van der Waals surface area (Å²) in [7, 11) is 0. The molecular weight excluding hydrogens is 213 g/mol. The zero-order valence-corrected chi connectivity index (χ0v) is 9.35. The van der Waals surface area contributed by atoms with Gasteiger partial charge in [0.05, 0.1) is 0 Å². The number of hydrogen-bond donors (Lipinski definition) is 1. The van der Waals surface area contributed by atoms with E-state index >= 15 is 0 Å². The molecule has 0 fully saturated rings. The van der Waals surface area contributed by atoms with Gasteiger partial charge in [0.1, 0.15) is 0 Å². The molecule has 0 rings (SSSR count). The fourth-order valence-electron chi connectivity index (χ4n) is 1.00. The van der Waals surface area contributed by atoms with E-state index < -0.39 is 6.09 Å². The van der Waals surface area contributed by atoms with Gasteiger partial charge in [-0.3, -0.25) is 0 Å². The summed E-state index contributed by atoms with van der Waals surface area (Å²) in [4.78, 5) is 12.1. The molecule has 82 valence electrons. The second-order valence-electron chi connectivity index (χ2n) is 2.98. The molecular formula is C9H19NNiO2. The molecule has 1 amide bonds. The van der Waals surface area contributed by atoms with Gasteiger partial charge in [0.15, 0.2) is 0 Å². The van der Waals surface area contributed by atoms with Gasteiger partial charge in [0, 0.05) is 29.6 Å². The molecule has 13 heavy (non-hydrogen) atoms. The topological polar surface area (TPSA) is 40.5 Å². The fraction of sp³-hybridized carbons (Fsp3) is 0.889. The summed E-state index contributed by atoms with van der Waals surface area (Å²) < 4.78 is 0. The molecule has 0 radical (unpaired) electrons. The van der Waals surface area contributed by atoms with E-state index in [2.05, 4.69) is 13.8 Å². The standard InChI is InChI=1S/C9H19NO2.Ni/c1-3-5-7-10(9(11)12)8-6-4-2;/h3-8H2,1-2H3,(H,11,12);. The summed E-state index contributed by atoms with van der Waals surface area (Å²) in [6, 6.07) is 0. The number of unbranched alkanes of at least 4 members (excludes halogenated alkanes) is 2. The Bertz CT molecular complexity index is 123. The van der Waals surface area contributed by atoms with E-state index in [4.69, 9.17) is 5.11 Å². The third-order valence-electron chi connectivity index (χ3n) is 1.83. The van der Waals surface area contributed by atoms with Crippen LogP contribution in [0.15, 0.2) is 0 Å². The zero-order chi connectivity index (χ0) is 9.40. The van der Waals surface area contributed by atoms with Crippen molar-refractivity contribution in [2.24, 2.45) is 0 Å². The first-order valence-corrected chi connectivity index (χ1v) is 4.70. The molecule has 0 aliphatic carbocycles. The molecule has 0 aromatic rings. The van der Waals surface area contributed by atoms with Crippen LogP contribution in [-0.4, -0.2) is 29.2 Å². The van der Waals surface area contributed by atoms with E-state index in [1.165, 1.54) is 4.90 Å². The number of rotatable bonds is 6. The molecule has 0 saturated carbocycles. The maximum atomic E-state index is 10.6. The van der Waals surface area contributed by atoms with E-state index in [1.54, 1.807) is 0 Å². The zero-order valence-electron chi connectivity index (χ0n) is 8.36. The maximum Gasteiger partial charge on any atom is 0.407 e. The average Bonchev–Trinajstić information content (AvgIpc) is 2.04. The summed E-state index contributed by atoms with van der Waals surface area (Å²) in [5.74, 6) is 0. The van der Waals surface area contributed by atoms with E-state index in [-0.39, 0.29) is 16.5 Å². The summed E-state index contributed by atoms with van der Waals surface area (Å²) >= 11 is 0. The minimum atomic E-state index is -0.781. The van der Waals surface area contributed by atoms with E-state index in [9.17, 15) is 4.79 Å². The van der Waals surface area contributed by atoms with Gasteiger partial charge in [-0.1, -0.05) is 26.7 Å².